The normalized spacial score (nSPS) is 16.9. The van der Waals surface area contributed by atoms with Crippen LogP contribution in [0.1, 0.15) is 22.7 Å². The minimum Gasteiger partial charge on any atom is -0.507 e. The number of anilines is 2. The number of carbonyl (C=O) groups excluding carboxylic acids is 2. The van der Waals surface area contributed by atoms with Gasteiger partial charge in [0, 0.05) is 25.5 Å². The standard InChI is InChI=1S/C28H28N2O5/c1-17-8-6-7-9-21(17)25-24(26(31)22-16-20(34-4)14-15-23(22)35-5)27(32)28(33)30(25)19-12-10-18(11-13-19)29(2)3/h6-16,25,31H,1-5H3/b26-24+. The zero-order valence-corrected chi connectivity index (χ0v) is 20.4. The molecule has 1 amide bonds. The molecule has 1 aliphatic rings. The number of benzene rings is 3. The second-order valence-corrected chi connectivity index (χ2v) is 8.50. The molecule has 1 aliphatic heterocycles. The molecule has 0 saturated carbocycles. The lowest BCUT2D eigenvalue weighted by Crippen LogP contribution is -2.29. The minimum absolute atomic E-state index is 0.00691. The fourth-order valence-corrected chi connectivity index (χ4v) is 4.34. The van der Waals surface area contributed by atoms with E-state index in [2.05, 4.69) is 0 Å². The summed E-state index contributed by atoms with van der Waals surface area (Å²) in [5.74, 6) is -0.960. The van der Waals surface area contributed by atoms with E-state index >= 15 is 0 Å². The molecule has 0 spiro atoms. The van der Waals surface area contributed by atoms with E-state index in [4.69, 9.17) is 9.47 Å². The van der Waals surface area contributed by atoms with E-state index < -0.39 is 17.7 Å². The Kier molecular flexibility index (Phi) is 6.51. The Morgan fingerprint density at radius 2 is 1.63 bits per heavy atom. The highest BCUT2D eigenvalue weighted by atomic mass is 16.5. The van der Waals surface area contributed by atoms with Crippen molar-refractivity contribution < 1.29 is 24.2 Å². The van der Waals surface area contributed by atoms with Gasteiger partial charge in [0.25, 0.3) is 11.7 Å². The topological polar surface area (TPSA) is 79.3 Å². The van der Waals surface area contributed by atoms with Gasteiger partial charge in [-0.3, -0.25) is 14.5 Å². The van der Waals surface area contributed by atoms with Crippen LogP contribution >= 0.6 is 0 Å². The molecule has 0 aliphatic carbocycles. The van der Waals surface area contributed by atoms with Crippen LogP contribution in [0.25, 0.3) is 5.76 Å². The molecule has 1 atom stereocenters. The summed E-state index contributed by atoms with van der Waals surface area (Å²) in [4.78, 5) is 30.2. The number of carbonyl (C=O) groups is 2. The molecule has 4 rings (SSSR count). The average molecular weight is 473 g/mol. The Morgan fingerprint density at radius 3 is 2.23 bits per heavy atom. The average Bonchev–Trinajstić information content (AvgIpc) is 3.13. The number of amides is 1. The van der Waals surface area contributed by atoms with Crippen molar-refractivity contribution in [2.75, 3.05) is 38.1 Å². The maximum absolute atomic E-state index is 13.4. The van der Waals surface area contributed by atoms with Crippen molar-refractivity contribution in [2.45, 2.75) is 13.0 Å². The molecule has 1 fully saturated rings. The van der Waals surface area contributed by atoms with Crippen LogP contribution < -0.4 is 19.3 Å². The van der Waals surface area contributed by atoms with Crippen molar-refractivity contribution in [3.8, 4) is 11.5 Å². The Labute approximate surface area is 204 Å². The largest absolute Gasteiger partial charge is 0.507 e. The minimum atomic E-state index is -0.822. The van der Waals surface area contributed by atoms with E-state index in [-0.39, 0.29) is 16.9 Å². The van der Waals surface area contributed by atoms with Crippen LogP contribution in [0.2, 0.25) is 0 Å². The lowest BCUT2D eigenvalue weighted by molar-refractivity contribution is -0.132. The van der Waals surface area contributed by atoms with Gasteiger partial charge in [-0.2, -0.15) is 0 Å². The van der Waals surface area contributed by atoms with Crippen LogP contribution in [0, 0.1) is 6.92 Å². The molecule has 35 heavy (non-hydrogen) atoms. The highest BCUT2D eigenvalue weighted by Gasteiger charge is 2.47. The lowest BCUT2D eigenvalue weighted by atomic mass is 9.92. The molecule has 0 bridgehead atoms. The number of Topliss-reactive ketones (excluding diaryl/α,β-unsaturated/α-hetero) is 1. The maximum atomic E-state index is 13.4. The molecule has 180 valence electrons. The Bertz CT molecular complexity index is 1310. The van der Waals surface area contributed by atoms with Gasteiger partial charge in [-0.1, -0.05) is 24.3 Å². The number of hydrogen-bond donors (Lipinski definition) is 1. The van der Waals surface area contributed by atoms with Crippen molar-refractivity contribution in [3.05, 3.63) is 89.0 Å². The monoisotopic (exact) mass is 472 g/mol. The zero-order valence-electron chi connectivity index (χ0n) is 20.4. The van der Waals surface area contributed by atoms with Crippen molar-refractivity contribution in [3.63, 3.8) is 0 Å². The van der Waals surface area contributed by atoms with Gasteiger partial charge in [0.05, 0.1) is 31.4 Å². The fourth-order valence-electron chi connectivity index (χ4n) is 4.34. The second-order valence-electron chi connectivity index (χ2n) is 8.50. The summed E-state index contributed by atoms with van der Waals surface area (Å²) in [7, 11) is 6.84. The van der Waals surface area contributed by atoms with Gasteiger partial charge in [0.15, 0.2) is 0 Å². The van der Waals surface area contributed by atoms with E-state index in [1.165, 1.54) is 19.1 Å². The van der Waals surface area contributed by atoms with Crippen LogP contribution in [0.15, 0.2) is 72.3 Å². The highest BCUT2D eigenvalue weighted by molar-refractivity contribution is 6.51. The highest BCUT2D eigenvalue weighted by Crippen LogP contribution is 2.44. The van der Waals surface area contributed by atoms with E-state index in [1.807, 2.05) is 62.3 Å². The number of rotatable bonds is 6. The first-order valence-corrected chi connectivity index (χ1v) is 11.1. The molecule has 7 heteroatoms. The molecular weight excluding hydrogens is 444 g/mol. The van der Waals surface area contributed by atoms with Crippen molar-refractivity contribution in [1.82, 2.24) is 0 Å². The number of ketones is 1. The summed E-state index contributed by atoms with van der Waals surface area (Å²) in [6.45, 7) is 1.91. The number of ether oxygens (including phenoxy) is 2. The van der Waals surface area contributed by atoms with Gasteiger partial charge in [-0.15, -0.1) is 0 Å². The van der Waals surface area contributed by atoms with Crippen LogP contribution in [0.5, 0.6) is 11.5 Å². The zero-order chi connectivity index (χ0) is 25.3. The quantitative estimate of drug-likeness (QED) is 0.318. The van der Waals surface area contributed by atoms with Gasteiger partial charge in [0.1, 0.15) is 17.3 Å². The molecule has 1 unspecified atom stereocenters. The van der Waals surface area contributed by atoms with E-state index in [1.54, 1.807) is 30.3 Å². The van der Waals surface area contributed by atoms with Crippen LogP contribution in [-0.2, 0) is 9.59 Å². The molecular formula is C28H28N2O5. The smallest absolute Gasteiger partial charge is 0.300 e. The lowest BCUT2D eigenvalue weighted by Gasteiger charge is -2.27. The summed E-state index contributed by atoms with van der Waals surface area (Å²) in [6, 6.07) is 19.0. The number of aliphatic hydroxyl groups excluding tert-OH is 1. The Morgan fingerprint density at radius 1 is 0.943 bits per heavy atom. The number of nitrogens with zero attached hydrogens (tertiary/aromatic N) is 2. The molecule has 3 aromatic rings. The van der Waals surface area contributed by atoms with Gasteiger partial charge >= 0.3 is 0 Å². The Hall–Kier alpha value is -4.26. The third kappa shape index (κ3) is 4.21. The molecule has 1 heterocycles. The fraction of sp³-hybridized carbons (Fsp3) is 0.214. The summed E-state index contributed by atoms with van der Waals surface area (Å²) in [6.07, 6.45) is 0. The Balaban J connectivity index is 1.97. The summed E-state index contributed by atoms with van der Waals surface area (Å²) in [5.41, 5.74) is 3.41. The first kappa shape index (κ1) is 23.9. The predicted molar refractivity (Wildman–Crippen MR) is 136 cm³/mol. The first-order valence-electron chi connectivity index (χ1n) is 11.1. The number of methoxy groups -OCH3 is 2. The van der Waals surface area contributed by atoms with Crippen LogP contribution in [-0.4, -0.2) is 45.1 Å². The van der Waals surface area contributed by atoms with E-state index in [0.29, 0.717) is 17.2 Å². The molecule has 1 N–H and O–H groups in total. The number of aryl methyl sites for hydroxylation is 1. The second kappa shape index (κ2) is 9.54. The van der Waals surface area contributed by atoms with E-state index in [9.17, 15) is 14.7 Å². The number of aliphatic hydroxyl groups is 1. The van der Waals surface area contributed by atoms with E-state index in [0.717, 1.165) is 16.8 Å². The van der Waals surface area contributed by atoms with Crippen LogP contribution in [0.4, 0.5) is 11.4 Å². The third-order valence-corrected chi connectivity index (χ3v) is 6.23. The summed E-state index contributed by atoms with van der Waals surface area (Å²) < 4.78 is 10.7. The molecule has 0 aromatic heterocycles. The predicted octanol–water partition coefficient (Wildman–Crippen LogP) is 4.70. The maximum Gasteiger partial charge on any atom is 0.300 e. The summed E-state index contributed by atoms with van der Waals surface area (Å²) >= 11 is 0. The summed E-state index contributed by atoms with van der Waals surface area (Å²) in [5, 5.41) is 11.5. The van der Waals surface area contributed by atoms with Gasteiger partial charge in [0.2, 0.25) is 0 Å². The van der Waals surface area contributed by atoms with Crippen molar-refractivity contribution >= 4 is 28.8 Å². The van der Waals surface area contributed by atoms with Gasteiger partial charge in [-0.25, -0.2) is 0 Å². The first-order chi connectivity index (χ1) is 16.8. The molecule has 3 aromatic carbocycles. The SMILES string of the molecule is COc1ccc(OC)c(/C(O)=C2\C(=O)C(=O)N(c3ccc(N(C)C)cc3)C2c2ccccc2C)c1. The van der Waals surface area contributed by atoms with Gasteiger partial charge in [-0.05, 0) is 60.5 Å². The molecule has 1 saturated heterocycles. The molecule has 7 nitrogen and oxygen atoms in total. The van der Waals surface area contributed by atoms with Crippen LogP contribution in [0.3, 0.4) is 0 Å². The third-order valence-electron chi connectivity index (χ3n) is 6.23. The number of hydrogen-bond acceptors (Lipinski definition) is 6. The van der Waals surface area contributed by atoms with Gasteiger partial charge < -0.3 is 19.5 Å². The van der Waals surface area contributed by atoms with Crippen molar-refractivity contribution in [2.24, 2.45) is 0 Å². The molecule has 0 radical (unpaired) electrons. The van der Waals surface area contributed by atoms with Crippen molar-refractivity contribution in [1.29, 1.82) is 0 Å².